The zero-order valence-corrected chi connectivity index (χ0v) is 14.9. The van der Waals surface area contributed by atoms with Crippen molar-refractivity contribution in [3.63, 3.8) is 0 Å². The molecule has 0 aromatic heterocycles. The quantitative estimate of drug-likeness (QED) is 0.432. The van der Waals surface area contributed by atoms with Crippen molar-refractivity contribution in [1.82, 2.24) is 0 Å². The molecule has 0 bridgehead atoms. The molecule has 2 rings (SSSR count). The van der Waals surface area contributed by atoms with Gasteiger partial charge in [-0.15, -0.1) is 0 Å². The number of likely N-dealkylation sites (N-methyl/N-ethyl adjacent to an activating group) is 1. The maximum atomic E-state index is 9.75. The van der Waals surface area contributed by atoms with Crippen LogP contribution in [0.25, 0.3) is 0 Å². The average Bonchev–Trinajstić information content (AvgIpc) is 2.54. The largest absolute Gasteiger partial charge is 0.673 e. The highest BCUT2D eigenvalue weighted by Gasteiger charge is 2.25. The molecule has 1 aliphatic heterocycles. The van der Waals surface area contributed by atoms with Crippen LogP contribution in [-0.4, -0.2) is 59.2 Å². The van der Waals surface area contributed by atoms with Gasteiger partial charge in [0.05, 0.1) is 34.4 Å². The van der Waals surface area contributed by atoms with Crippen molar-refractivity contribution in [2.45, 2.75) is 19.3 Å². The second kappa shape index (κ2) is 9.75. The molecular weight excluding hydrogens is 341 g/mol. The monoisotopic (exact) mass is 367 g/mol. The van der Waals surface area contributed by atoms with Crippen LogP contribution in [0.15, 0.2) is 18.2 Å². The van der Waals surface area contributed by atoms with E-state index in [9.17, 15) is 17.3 Å². The summed E-state index contributed by atoms with van der Waals surface area (Å²) in [6.07, 6.45) is 4.03. The van der Waals surface area contributed by atoms with E-state index >= 15 is 0 Å². The fraction of sp³-hybridized carbons (Fsp3) is 0.625. The third kappa shape index (κ3) is 8.33. The van der Waals surface area contributed by atoms with Gasteiger partial charge in [0.1, 0.15) is 13.2 Å². The fourth-order valence-corrected chi connectivity index (χ4v) is 2.83. The highest BCUT2D eigenvalue weighted by molar-refractivity contribution is 6.50. The number of ether oxygens (including phenoxy) is 3. The van der Waals surface area contributed by atoms with E-state index in [1.54, 1.807) is 14.2 Å². The molecule has 1 saturated heterocycles. The summed E-state index contributed by atoms with van der Waals surface area (Å²) < 4.78 is 56.8. The standard InChI is InChI=1S/C16H26NO3.BF4/c1-17(10-5-4-6-11-17)12-13-20-16-14(18-2)8-7-9-15(16)19-3;2-1(3,4)5/h7-9H,4-6,10-13H2,1-3H3;/q+1;-1. The molecule has 1 aliphatic rings. The summed E-state index contributed by atoms with van der Waals surface area (Å²) in [5.41, 5.74) is 0. The zero-order chi connectivity index (χ0) is 18.9. The molecule has 0 saturated carbocycles. The summed E-state index contributed by atoms with van der Waals surface area (Å²) in [7, 11) is -0.373. The lowest BCUT2D eigenvalue weighted by molar-refractivity contribution is -0.914. The van der Waals surface area contributed by atoms with Crippen molar-refractivity contribution in [3.05, 3.63) is 18.2 Å². The zero-order valence-electron chi connectivity index (χ0n) is 14.9. The van der Waals surface area contributed by atoms with Crippen molar-refractivity contribution in [3.8, 4) is 17.2 Å². The number of rotatable bonds is 6. The minimum Gasteiger partial charge on any atom is -0.493 e. The van der Waals surface area contributed by atoms with Crippen LogP contribution in [0.5, 0.6) is 17.2 Å². The minimum atomic E-state index is -6.00. The molecule has 144 valence electrons. The van der Waals surface area contributed by atoms with Gasteiger partial charge in [-0.05, 0) is 31.4 Å². The SMILES string of the molecule is COc1cccc(OC)c1OCC[N+]1(C)CCCCC1.F[B-](F)(F)F. The molecule has 25 heavy (non-hydrogen) atoms. The molecular formula is C16H26BF4NO3. The van der Waals surface area contributed by atoms with Crippen molar-refractivity contribution in [2.24, 2.45) is 0 Å². The van der Waals surface area contributed by atoms with Gasteiger partial charge < -0.3 is 36.0 Å². The first-order valence-corrected chi connectivity index (χ1v) is 8.23. The Hall–Kier alpha value is -1.64. The molecule has 0 spiro atoms. The molecule has 1 aromatic rings. The van der Waals surface area contributed by atoms with Gasteiger partial charge in [0.2, 0.25) is 5.75 Å². The number of nitrogens with zero attached hydrogens (tertiary/aromatic N) is 1. The fourth-order valence-electron chi connectivity index (χ4n) is 2.83. The van der Waals surface area contributed by atoms with Gasteiger partial charge in [-0.3, -0.25) is 0 Å². The number of benzene rings is 1. The Morgan fingerprint density at radius 3 is 1.88 bits per heavy atom. The number of hydrogen-bond acceptors (Lipinski definition) is 3. The topological polar surface area (TPSA) is 27.7 Å². The second-order valence-electron chi connectivity index (χ2n) is 6.19. The number of likely N-dealkylation sites (tertiary alicyclic amines) is 1. The maximum absolute atomic E-state index is 9.75. The summed E-state index contributed by atoms with van der Waals surface area (Å²) in [5.74, 6) is 2.16. The van der Waals surface area contributed by atoms with Crippen LogP contribution < -0.4 is 14.2 Å². The van der Waals surface area contributed by atoms with Gasteiger partial charge in [0.15, 0.2) is 11.5 Å². The molecule has 4 nitrogen and oxygen atoms in total. The predicted octanol–water partition coefficient (Wildman–Crippen LogP) is 4.01. The van der Waals surface area contributed by atoms with E-state index in [1.807, 2.05) is 18.2 Å². The van der Waals surface area contributed by atoms with Crippen LogP contribution in [0.4, 0.5) is 17.3 Å². The van der Waals surface area contributed by atoms with Crippen LogP contribution >= 0.6 is 0 Å². The molecule has 9 heteroatoms. The minimum absolute atomic E-state index is 0.688. The molecule has 0 unspecified atom stereocenters. The Balaban J connectivity index is 0.000000550. The lowest BCUT2D eigenvalue weighted by Crippen LogP contribution is -2.50. The highest BCUT2D eigenvalue weighted by atomic mass is 19.5. The number of hydrogen-bond donors (Lipinski definition) is 0. The number of methoxy groups -OCH3 is 2. The Morgan fingerprint density at radius 1 is 0.960 bits per heavy atom. The molecule has 0 aliphatic carbocycles. The van der Waals surface area contributed by atoms with Gasteiger partial charge in [0, 0.05) is 0 Å². The first-order chi connectivity index (χ1) is 11.7. The molecule has 0 N–H and O–H groups in total. The van der Waals surface area contributed by atoms with Crippen LogP contribution in [0.1, 0.15) is 19.3 Å². The summed E-state index contributed by atoms with van der Waals surface area (Å²) in [4.78, 5) is 0. The Morgan fingerprint density at radius 2 is 1.44 bits per heavy atom. The van der Waals surface area contributed by atoms with Crippen molar-refractivity contribution in [1.29, 1.82) is 0 Å². The van der Waals surface area contributed by atoms with Crippen LogP contribution in [0.2, 0.25) is 0 Å². The van der Waals surface area contributed by atoms with Gasteiger partial charge in [-0.25, -0.2) is 0 Å². The first kappa shape index (κ1) is 21.4. The van der Waals surface area contributed by atoms with E-state index in [1.165, 1.54) is 32.4 Å². The average molecular weight is 367 g/mol. The smallest absolute Gasteiger partial charge is 0.493 e. The van der Waals surface area contributed by atoms with E-state index in [0.29, 0.717) is 12.4 Å². The van der Waals surface area contributed by atoms with Crippen LogP contribution in [-0.2, 0) is 0 Å². The van der Waals surface area contributed by atoms with Gasteiger partial charge >= 0.3 is 7.25 Å². The Kier molecular flexibility index (Phi) is 8.35. The van der Waals surface area contributed by atoms with E-state index < -0.39 is 7.25 Å². The molecule has 1 aromatic carbocycles. The molecule has 1 fully saturated rings. The summed E-state index contributed by atoms with van der Waals surface area (Å²) in [6.45, 7) is 4.23. The van der Waals surface area contributed by atoms with Gasteiger partial charge in [-0.2, -0.15) is 0 Å². The molecule has 0 atom stereocenters. The second-order valence-corrected chi connectivity index (χ2v) is 6.19. The number of para-hydroxylation sites is 1. The first-order valence-electron chi connectivity index (χ1n) is 8.23. The maximum Gasteiger partial charge on any atom is 0.673 e. The van der Waals surface area contributed by atoms with E-state index in [0.717, 1.165) is 22.5 Å². The summed E-state index contributed by atoms with van der Waals surface area (Å²) in [5, 5.41) is 0. The lowest BCUT2D eigenvalue weighted by Gasteiger charge is -2.37. The molecule has 0 amide bonds. The Bertz CT molecular complexity index is 494. The van der Waals surface area contributed by atoms with Crippen molar-refractivity contribution < 1.29 is 36.0 Å². The van der Waals surface area contributed by atoms with E-state index in [2.05, 4.69) is 7.05 Å². The Labute approximate surface area is 146 Å². The van der Waals surface area contributed by atoms with Crippen LogP contribution in [0, 0.1) is 0 Å². The summed E-state index contributed by atoms with van der Waals surface area (Å²) >= 11 is 0. The number of halogens is 4. The van der Waals surface area contributed by atoms with E-state index in [4.69, 9.17) is 14.2 Å². The number of piperidine rings is 1. The van der Waals surface area contributed by atoms with Crippen molar-refractivity contribution in [2.75, 3.05) is 47.5 Å². The normalized spacial score (nSPS) is 16.4. The third-order valence-corrected chi connectivity index (χ3v) is 4.16. The van der Waals surface area contributed by atoms with Gasteiger partial charge in [-0.1, -0.05) is 6.07 Å². The number of quaternary nitrogens is 1. The molecule has 0 radical (unpaired) electrons. The highest BCUT2D eigenvalue weighted by Crippen LogP contribution is 2.36. The van der Waals surface area contributed by atoms with Crippen molar-refractivity contribution >= 4 is 7.25 Å². The lowest BCUT2D eigenvalue weighted by atomic mass is 10.1. The van der Waals surface area contributed by atoms with E-state index in [-0.39, 0.29) is 0 Å². The third-order valence-electron chi connectivity index (χ3n) is 4.16. The van der Waals surface area contributed by atoms with Gasteiger partial charge in [0.25, 0.3) is 0 Å². The molecule has 1 heterocycles. The van der Waals surface area contributed by atoms with Crippen LogP contribution in [0.3, 0.4) is 0 Å². The summed E-state index contributed by atoms with van der Waals surface area (Å²) in [6, 6.07) is 5.70. The predicted molar refractivity (Wildman–Crippen MR) is 89.9 cm³/mol.